The number of anilines is 1. The molecule has 0 aliphatic carbocycles. The average Bonchev–Trinajstić information content (AvgIpc) is 2.58. The number of hydrogen-bond acceptors (Lipinski definition) is 2. The van der Waals surface area contributed by atoms with Gasteiger partial charge in [0.25, 0.3) is 0 Å². The van der Waals surface area contributed by atoms with Crippen molar-refractivity contribution >= 4 is 31.0 Å². The van der Waals surface area contributed by atoms with Crippen LogP contribution in [0.25, 0.3) is 0 Å². The Balaban J connectivity index is 2.24. The SMILES string of the molecule is CC(C)(OCC(F)(F)F)C([Se]c1cccc(F)c1)C(=O)Nc1ccccc1. The second-order valence-electron chi connectivity index (χ2n) is 6.32. The number of amides is 1. The van der Waals surface area contributed by atoms with E-state index >= 15 is 0 Å². The van der Waals surface area contributed by atoms with Crippen LogP contribution >= 0.6 is 0 Å². The molecule has 2 rings (SSSR count). The van der Waals surface area contributed by atoms with Gasteiger partial charge in [-0.3, -0.25) is 0 Å². The number of carbonyl (C=O) groups is 1. The average molecular weight is 448 g/mol. The third-order valence-electron chi connectivity index (χ3n) is 3.57. The molecule has 27 heavy (non-hydrogen) atoms. The van der Waals surface area contributed by atoms with Crippen molar-refractivity contribution in [3.05, 3.63) is 60.4 Å². The molecule has 0 saturated heterocycles. The van der Waals surface area contributed by atoms with Gasteiger partial charge in [0.15, 0.2) is 0 Å². The summed E-state index contributed by atoms with van der Waals surface area (Å²) in [5.41, 5.74) is -0.880. The normalized spacial score (nSPS) is 13.3. The van der Waals surface area contributed by atoms with E-state index in [2.05, 4.69) is 5.32 Å². The van der Waals surface area contributed by atoms with Crippen LogP contribution in [0.3, 0.4) is 0 Å². The quantitative estimate of drug-likeness (QED) is 0.515. The molecule has 0 radical (unpaired) electrons. The van der Waals surface area contributed by atoms with Gasteiger partial charge in [0.05, 0.1) is 0 Å². The van der Waals surface area contributed by atoms with Gasteiger partial charge in [-0.2, -0.15) is 0 Å². The van der Waals surface area contributed by atoms with E-state index in [-0.39, 0.29) is 0 Å². The molecule has 0 saturated carbocycles. The van der Waals surface area contributed by atoms with Crippen LogP contribution in [0, 0.1) is 5.82 Å². The first-order chi connectivity index (χ1) is 12.6. The van der Waals surface area contributed by atoms with Crippen molar-refractivity contribution in [2.24, 2.45) is 0 Å². The van der Waals surface area contributed by atoms with Crippen molar-refractivity contribution < 1.29 is 27.1 Å². The van der Waals surface area contributed by atoms with Crippen molar-refractivity contribution in [3.63, 3.8) is 0 Å². The second-order valence-corrected chi connectivity index (χ2v) is 8.79. The maximum atomic E-state index is 13.5. The van der Waals surface area contributed by atoms with Gasteiger partial charge in [0.1, 0.15) is 0 Å². The number of rotatable bonds is 7. The van der Waals surface area contributed by atoms with Crippen molar-refractivity contribution in [2.45, 2.75) is 30.4 Å². The molecule has 2 aromatic rings. The Kier molecular flexibility index (Phi) is 7.03. The van der Waals surface area contributed by atoms with Crippen LogP contribution in [-0.4, -0.2) is 39.2 Å². The molecule has 1 atom stereocenters. The van der Waals surface area contributed by atoms with Crippen LogP contribution in [0.2, 0.25) is 4.82 Å². The fraction of sp³-hybridized carbons (Fsp3) is 0.316. The molecular weight excluding hydrogens is 429 g/mol. The number of halogens is 4. The molecule has 8 heteroatoms. The number of ether oxygens (including phenoxy) is 1. The standard InChI is InChI=1S/C19H19F4NO2Se/c1-18(2,26-12-19(21,22)23)16(27-15-10-6-7-13(20)11-15)17(25)24-14-8-4-3-5-9-14/h3-11,16H,12H2,1-2H3,(H,24,25). The van der Waals surface area contributed by atoms with Crippen LogP contribution in [-0.2, 0) is 9.53 Å². The van der Waals surface area contributed by atoms with Crippen molar-refractivity contribution in [1.82, 2.24) is 0 Å². The molecule has 146 valence electrons. The van der Waals surface area contributed by atoms with E-state index in [1.807, 2.05) is 0 Å². The summed E-state index contributed by atoms with van der Waals surface area (Å²) in [5, 5.41) is 2.70. The molecule has 0 fully saturated rings. The minimum atomic E-state index is -4.51. The van der Waals surface area contributed by atoms with E-state index in [1.54, 1.807) is 36.4 Å². The molecule has 3 nitrogen and oxygen atoms in total. The molecule has 0 aromatic heterocycles. The Morgan fingerprint density at radius 3 is 2.37 bits per heavy atom. The monoisotopic (exact) mass is 449 g/mol. The molecule has 1 amide bonds. The van der Waals surface area contributed by atoms with Crippen molar-refractivity contribution in [3.8, 4) is 0 Å². The van der Waals surface area contributed by atoms with Gasteiger partial charge in [-0.25, -0.2) is 0 Å². The van der Waals surface area contributed by atoms with E-state index < -0.39 is 49.9 Å². The topological polar surface area (TPSA) is 38.3 Å². The maximum absolute atomic E-state index is 13.5. The van der Waals surface area contributed by atoms with Gasteiger partial charge in [-0.15, -0.1) is 0 Å². The van der Waals surface area contributed by atoms with Gasteiger partial charge in [-0.05, 0) is 0 Å². The van der Waals surface area contributed by atoms with E-state index in [0.717, 1.165) is 0 Å². The molecule has 0 aliphatic rings. The van der Waals surface area contributed by atoms with E-state index in [4.69, 9.17) is 4.74 Å². The summed E-state index contributed by atoms with van der Waals surface area (Å²) in [7, 11) is 0. The van der Waals surface area contributed by atoms with E-state index in [9.17, 15) is 22.4 Å². The summed E-state index contributed by atoms with van der Waals surface area (Å²) in [6.45, 7) is 1.42. The Hall–Kier alpha value is -1.89. The summed E-state index contributed by atoms with van der Waals surface area (Å²) in [4.78, 5) is 11.9. The fourth-order valence-electron chi connectivity index (χ4n) is 2.26. The van der Waals surface area contributed by atoms with Crippen molar-refractivity contribution in [2.75, 3.05) is 11.9 Å². The summed E-state index contributed by atoms with van der Waals surface area (Å²) >= 11 is -0.657. The van der Waals surface area contributed by atoms with Gasteiger partial charge in [0, 0.05) is 0 Å². The summed E-state index contributed by atoms with van der Waals surface area (Å²) in [5.74, 6) is -0.941. The molecule has 0 heterocycles. The van der Waals surface area contributed by atoms with Gasteiger partial charge >= 0.3 is 161 Å². The number of para-hydroxylation sites is 1. The summed E-state index contributed by atoms with van der Waals surface area (Å²) < 4.78 is 56.9. The first-order valence-electron chi connectivity index (χ1n) is 8.06. The molecule has 0 spiro atoms. The zero-order chi connectivity index (χ0) is 20.1. The zero-order valence-electron chi connectivity index (χ0n) is 14.7. The predicted octanol–water partition coefficient (Wildman–Crippen LogP) is 3.94. The zero-order valence-corrected chi connectivity index (χ0v) is 16.4. The fourth-order valence-corrected chi connectivity index (χ4v) is 4.63. The predicted molar refractivity (Wildman–Crippen MR) is 96.7 cm³/mol. The second kappa shape index (κ2) is 8.87. The summed E-state index contributed by atoms with van der Waals surface area (Å²) in [6.07, 6.45) is -4.51. The van der Waals surface area contributed by atoms with Crippen LogP contribution in [0.5, 0.6) is 0 Å². The van der Waals surface area contributed by atoms with Crippen LogP contribution in [0.15, 0.2) is 54.6 Å². The Labute approximate surface area is 161 Å². The van der Waals surface area contributed by atoms with E-state index in [1.165, 1.54) is 32.0 Å². The van der Waals surface area contributed by atoms with Gasteiger partial charge < -0.3 is 0 Å². The summed E-state index contributed by atoms with van der Waals surface area (Å²) in [6, 6.07) is 14.3. The number of benzene rings is 2. The molecule has 1 unspecified atom stereocenters. The first-order valence-corrected chi connectivity index (χ1v) is 9.90. The Morgan fingerprint density at radius 1 is 1.11 bits per heavy atom. The van der Waals surface area contributed by atoms with Gasteiger partial charge in [0.2, 0.25) is 0 Å². The van der Waals surface area contributed by atoms with Crippen LogP contribution in [0.4, 0.5) is 23.2 Å². The van der Waals surface area contributed by atoms with Crippen LogP contribution in [0.1, 0.15) is 13.8 Å². The minimum absolute atomic E-state index is 0.467. The number of alkyl halides is 3. The Morgan fingerprint density at radius 2 is 1.78 bits per heavy atom. The molecular formula is C19H19F4NO2Se. The third kappa shape index (κ3) is 6.97. The number of hydrogen-bond donors (Lipinski definition) is 1. The van der Waals surface area contributed by atoms with E-state index in [0.29, 0.717) is 10.1 Å². The van der Waals surface area contributed by atoms with Crippen LogP contribution < -0.4 is 9.78 Å². The number of carbonyl (C=O) groups excluding carboxylic acids is 1. The molecule has 1 N–H and O–H groups in total. The molecule has 2 aromatic carbocycles. The Bertz CT molecular complexity index is 766. The molecule has 0 bridgehead atoms. The third-order valence-corrected chi connectivity index (χ3v) is 6.81. The van der Waals surface area contributed by atoms with Gasteiger partial charge in [-0.1, -0.05) is 0 Å². The molecule has 0 aliphatic heterocycles. The number of nitrogens with one attached hydrogen (secondary N) is 1. The van der Waals surface area contributed by atoms with Crippen molar-refractivity contribution in [1.29, 1.82) is 0 Å². The first kappa shape index (κ1) is 21.4.